The van der Waals surface area contributed by atoms with E-state index in [1.165, 1.54) is 57.8 Å². The maximum Gasteiger partial charge on any atom is 0.141 e. The van der Waals surface area contributed by atoms with Gasteiger partial charge < -0.3 is 4.74 Å². The van der Waals surface area contributed by atoms with Crippen LogP contribution >= 0.6 is 0 Å². The van der Waals surface area contributed by atoms with E-state index in [0.29, 0.717) is 29.5 Å². The van der Waals surface area contributed by atoms with E-state index in [0.717, 1.165) is 36.0 Å². The van der Waals surface area contributed by atoms with Gasteiger partial charge in [-0.3, -0.25) is 4.79 Å². The van der Waals surface area contributed by atoms with Gasteiger partial charge in [-0.1, -0.05) is 53.9 Å². The number of ketones is 1. The lowest BCUT2D eigenvalue weighted by Gasteiger charge is -2.60. The standard InChI is InChI=1S/C28H48O2/c1-18(2)8-7-9-19(3)23-12-13-24-22-11-10-20-16-21(30-6)17-26(29)28(20,5)25(22)14-15-27(23,24)4/h18-25H,7-17H2,1-6H3/t19-,20+,21-,22+,23-,24+,25+,27-,28+/m1/s1. The molecule has 0 aromatic heterocycles. The first-order valence-electron chi connectivity index (χ1n) is 13.3. The molecule has 4 saturated carbocycles. The normalized spacial score (nSPS) is 47.0. The molecule has 0 saturated heterocycles. The van der Waals surface area contributed by atoms with Crippen LogP contribution in [-0.2, 0) is 9.53 Å². The molecule has 0 heterocycles. The molecule has 4 rings (SSSR count). The summed E-state index contributed by atoms with van der Waals surface area (Å²) in [7, 11) is 1.79. The van der Waals surface area contributed by atoms with Crippen molar-refractivity contribution in [1.82, 2.24) is 0 Å². The van der Waals surface area contributed by atoms with Crippen LogP contribution in [-0.4, -0.2) is 19.0 Å². The van der Waals surface area contributed by atoms with Gasteiger partial charge in [0.05, 0.1) is 6.10 Å². The molecule has 2 nitrogen and oxygen atoms in total. The SMILES string of the molecule is CO[C@H]1CC(=O)[C@@]2(C)[C@@H](CC[C@H]3[C@@H]4CC[C@H]([C@H](C)CCCC(C)C)[C@@]4(C)CC[C@@H]32)C1. The minimum Gasteiger partial charge on any atom is -0.381 e. The maximum atomic E-state index is 13.4. The van der Waals surface area contributed by atoms with Crippen LogP contribution in [0.5, 0.6) is 0 Å². The Bertz CT molecular complexity index is 626. The fourth-order valence-electron chi connectivity index (χ4n) is 9.26. The summed E-state index contributed by atoms with van der Waals surface area (Å²) in [6, 6.07) is 0. The molecule has 0 unspecified atom stereocenters. The molecule has 2 heteroatoms. The van der Waals surface area contributed by atoms with Crippen LogP contribution in [0.2, 0.25) is 0 Å². The number of rotatable bonds is 6. The number of hydrogen-bond acceptors (Lipinski definition) is 2. The van der Waals surface area contributed by atoms with Gasteiger partial charge in [-0.2, -0.15) is 0 Å². The highest BCUT2D eigenvalue weighted by Gasteiger charge is 2.62. The van der Waals surface area contributed by atoms with Crippen molar-refractivity contribution in [3.63, 3.8) is 0 Å². The van der Waals surface area contributed by atoms with E-state index in [1.807, 2.05) is 0 Å². The Hall–Kier alpha value is -0.370. The molecule has 0 aromatic carbocycles. The summed E-state index contributed by atoms with van der Waals surface area (Å²) in [6.07, 6.45) is 14.3. The fraction of sp³-hybridized carbons (Fsp3) is 0.964. The number of carbonyl (C=O) groups is 1. The molecule has 0 amide bonds. The van der Waals surface area contributed by atoms with E-state index in [4.69, 9.17) is 4.74 Å². The first kappa shape index (κ1) is 22.8. The minimum atomic E-state index is -0.0692. The molecule has 30 heavy (non-hydrogen) atoms. The van der Waals surface area contributed by atoms with Crippen LogP contribution in [0.4, 0.5) is 0 Å². The van der Waals surface area contributed by atoms with Gasteiger partial charge in [-0.25, -0.2) is 0 Å². The highest BCUT2D eigenvalue weighted by Crippen LogP contribution is 2.67. The zero-order valence-corrected chi connectivity index (χ0v) is 20.7. The molecule has 172 valence electrons. The van der Waals surface area contributed by atoms with Crippen LogP contribution in [0.3, 0.4) is 0 Å². The minimum absolute atomic E-state index is 0.0692. The first-order valence-corrected chi connectivity index (χ1v) is 13.3. The average Bonchev–Trinajstić information content (AvgIpc) is 3.05. The summed E-state index contributed by atoms with van der Waals surface area (Å²) in [6.45, 7) is 12.3. The van der Waals surface area contributed by atoms with Crippen LogP contribution in [0.15, 0.2) is 0 Å². The van der Waals surface area contributed by atoms with E-state index in [-0.39, 0.29) is 11.5 Å². The van der Waals surface area contributed by atoms with Crippen molar-refractivity contribution in [3.8, 4) is 0 Å². The van der Waals surface area contributed by atoms with Crippen molar-refractivity contribution in [2.45, 2.75) is 111 Å². The fourth-order valence-corrected chi connectivity index (χ4v) is 9.26. The number of fused-ring (bicyclic) bond motifs is 5. The highest BCUT2D eigenvalue weighted by molar-refractivity contribution is 5.86. The Morgan fingerprint density at radius 3 is 2.47 bits per heavy atom. The van der Waals surface area contributed by atoms with Gasteiger partial charge >= 0.3 is 0 Å². The van der Waals surface area contributed by atoms with E-state index in [2.05, 4.69) is 34.6 Å². The predicted octanol–water partition coefficient (Wildman–Crippen LogP) is 7.30. The van der Waals surface area contributed by atoms with Gasteiger partial charge in [0, 0.05) is 18.9 Å². The summed E-state index contributed by atoms with van der Waals surface area (Å²) < 4.78 is 5.64. The van der Waals surface area contributed by atoms with Gasteiger partial charge in [0.1, 0.15) is 5.78 Å². The van der Waals surface area contributed by atoms with E-state index >= 15 is 0 Å². The van der Waals surface area contributed by atoms with Crippen molar-refractivity contribution >= 4 is 5.78 Å². The van der Waals surface area contributed by atoms with Crippen molar-refractivity contribution in [1.29, 1.82) is 0 Å². The molecule has 4 fully saturated rings. The summed E-state index contributed by atoms with van der Waals surface area (Å²) >= 11 is 0. The average molecular weight is 417 g/mol. The second-order valence-corrected chi connectivity index (χ2v) is 12.7. The third-order valence-corrected chi connectivity index (χ3v) is 11.0. The largest absolute Gasteiger partial charge is 0.381 e. The molecule has 0 bridgehead atoms. The molecule has 0 N–H and O–H groups in total. The first-order chi connectivity index (χ1) is 14.2. The van der Waals surface area contributed by atoms with E-state index < -0.39 is 0 Å². The van der Waals surface area contributed by atoms with Gasteiger partial charge in [0.2, 0.25) is 0 Å². The highest BCUT2D eigenvalue weighted by atomic mass is 16.5. The lowest BCUT2D eigenvalue weighted by molar-refractivity contribution is -0.164. The van der Waals surface area contributed by atoms with Crippen molar-refractivity contribution in [2.24, 2.45) is 52.3 Å². The molecule has 4 aliphatic carbocycles. The zero-order chi connectivity index (χ0) is 21.7. The zero-order valence-electron chi connectivity index (χ0n) is 20.7. The smallest absolute Gasteiger partial charge is 0.141 e. The Morgan fingerprint density at radius 1 is 1.00 bits per heavy atom. The van der Waals surface area contributed by atoms with Gasteiger partial charge in [0.15, 0.2) is 0 Å². The predicted molar refractivity (Wildman–Crippen MR) is 124 cm³/mol. The molecule has 9 atom stereocenters. The molecule has 0 aromatic rings. The summed E-state index contributed by atoms with van der Waals surface area (Å²) in [5, 5.41) is 0. The van der Waals surface area contributed by atoms with Gasteiger partial charge in [-0.15, -0.1) is 0 Å². The van der Waals surface area contributed by atoms with E-state index in [1.54, 1.807) is 7.11 Å². The molecule has 0 spiro atoms. The Kier molecular flexibility index (Phi) is 6.48. The van der Waals surface area contributed by atoms with Crippen LogP contribution < -0.4 is 0 Å². The third-order valence-electron chi connectivity index (χ3n) is 11.0. The Labute approximate surface area is 186 Å². The van der Waals surface area contributed by atoms with Gasteiger partial charge in [0.25, 0.3) is 0 Å². The van der Waals surface area contributed by atoms with Gasteiger partial charge in [-0.05, 0) is 91.8 Å². The summed E-state index contributed by atoms with van der Waals surface area (Å²) in [5.74, 6) is 5.97. The molecular weight excluding hydrogens is 368 g/mol. The molecule has 4 aliphatic rings. The topological polar surface area (TPSA) is 26.3 Å². The monoisotopic (exact) mass is 416 g/mol. The van der Waals surface area contributed by atoms with E-state index in [9.17, 15) is 4.79 Å². The van der Waals surface area contributed by atoms with Crippen molar-refractivity contribution in [2.75, 3.05) is 7.11 Å². The lowest BCUT2D eigenvalue weighted by Crippen LogP contribution is -2.58. The second kappa shape index (κ2) is 8.53. The molecule has 0 aliphatic heterocycles. The number of Topliss-reactive ketones (excluding diaryl/α,β-unsaturated/α-hetero) is 1. The Morgan fingerprint density at radius 2 is 1.77 bits per heavy atom. The van der Waals surface area contributed by atoms with Crippen LogP contribution in [0, 0.1) is 52.3 Å². The number of ether oxygens (including phenoxy) is 1. The number of carbonyl (C=O) groups excluding carboxylic acids is 1. The van der Waals surface area contributed by atoms with Crippen molar-refractivity contribution < 1.29 is 9.53 Å². The summed E-state index contributed by atoms with van der Waals surface area (Å²) in [5.41, 5.74) is 0.453. The van der Waals surface area contributed by atoms with Crippen LogP contribution in [0.25, 0.3) is 0 Å². The number of methoxy groups -OCH3 is 1. The second-order valence-electron chi connectivity index (χ2n) is 12.7. The molecular formula is C28H48O2. The molecule has 0 radical (unpaired) electrons. The third kappa shape index (κ3) is 3.61. The lowest BCUT2D eigenvalue weighted by atomic mass is 9.44. The summed E-state index contributed by atoms with van der Waals surface area (Å²) in [4.78, 5) is 13.4. The van der Waals surface area contributed by atoms with Crippen LogP contribution in [0.1, 0.15) is 105 Å². The maximum absolute atomic E-state index is 13.4. The number of hydrogen-bond donors (Lipinski definition) is 0. The Balaban J connectivity index is 1.49. The quantitative estimate of drug-likeness (QED) is 0.454. The van der Waals surface area contributed by atoms with Crippen molar-refractivity contribution in [3.05, 3.63) is 0 Å².